The lowest BCUT2D eigenvalue weighted by molar-refractivity contribution is 0.0695. The minimum Gasteiger partial charge on any atom is -0.477 e. The number of imidazole rings is 1. The number of hydrogen-bond acceptors (Lipinski definition) is 4. The third kappa shape index (κ3) is 2.03. The van der Waals surface area contributed by atoms with Crippen LogP contribution in [0.3, 0.4) is 0 Å². The largest absolute Gasteiger partial charge is 0.477 e. The van der Waals surface area contributed by atoms with E-state index in [0.717, 1.165) is 25.0 Å². The van der Waals surface area contributed by atoms with Crippen molar-refractivity contribution < 1.29 is 14.4 Å². The molecule has 2 aromatic heterocycles. The summed E-state index contributed by atoms with van der Waals surface area (Å²) in [5, 5.41) is 13.3. The zero-order valence-corrected chi connectivity index (χ0v) is 10.7. The first kappa shape index (κ1) is 12.0. The van der Waals surface area contributed by atoms with Gasteiger partial charge < -0.3 is 14.2 Å². The second kappa shape index (κ2) is 4.53. The summed E-state index contributed by atoms with van der Waals surface area (Å²) in [6.45, 7) is 1.97. The maximum atomic E-state index is 11.4. The van der Waals surface area contributed by atoms with Crippen LogP contribution in [0.1, 0.15) is 48.3 Å². The molecule has 1 aliphatic rings. The van der Waals surface area contributed by atoms with Crippen LogP contribution in [0, 0.1) is 0 Å². The average molecular weight is 261 g/mol. The Morgan fingerprint density at radius 3 is 3.00 bits per heavy atom. The van der Waals surface area contributed by atoms with Crippen molar-refractivity contribution in [1.29, 1.82) is 0 Å². The van der Waals surface area contributed by atoms with Crippen LogP contribution in [-0.4, -0.2) is 25.8 Å². The molecule has 6 nitrogen and oxygen atoms in total. The van der Waals surface area contributed by atoms with Crippen molar-refractivity contribution in [3.63, 3.8) is 0 Å². The molecule has 1 N–H and O–H groups in total. The quantitative estimate of drug-likeness (QED) is 0.894. The molecule has 2 aromatic rings. The summed E-state index contributed by atoms with van der Waals surface area (Å²) in [7, 11) is 0. The molecule has 1 fully saturated rings. The highest BCUT2D eigenvalue weighted by Crippen LogP contribution is 2.39. The zero-order chi connectivity index (χ0) is 13.4. The number of carbonyl (C=O) groups is 1. The number of nitrogens with zero attached hydrogens (tertiary/aromatic N) is 3. The molecule has 0 spiro atoms. The number of rotatable bonds is 5. The van der Waals surface area contributed by atoms with Gasteiger partial charge in [-0.1, -0.05) is 12.1 Å². The van der Waals surface area contributed by atoms with E-state index in [4.69, 9.17) is 4.52 Å². The second-order valence-corrected chi connectivity index (χ2v) is 4.80. The van der Waals surface area contributed by atoms with Gasteiger partial charge in [-0.2, -0.15) is 0 Å². The Bertz CT molecular complexity index is 610. The number of aromatic nitrogens is 3. The third-order valence-corrected chi connectivity index (χ3v) is 3.30. The summed E-state index contributed by atoms with van der Waals surface area (Å²) >= 11 is 0. The standard InChI is InChI=1S/C13H15N3O3/c1-2-3-10-11(13(17)18)12(15-19-10)9-6-14-7-16(9)8-4-5-8/h6-8H,2-5H2,1H3,(H,17,18). The van der Waals surface area contributed by atoms with E-state index < -0.39 is 5.97 Å². The molecule has 0 saturated heterocycles. The molecule has 0 atom stereocenters. The predicted molar refractivity (Wildman–Crippen MR) is 66.9 cm³/mol. The summed E-state index contributed by atoms with van der Waals surface area (Å²) in [6, 6.07) is 0.422. The van der Waals surface area contributed by atoms with Crippen LogP contribution in [0.5, 0.6) is 0 Å². The molecular weight excluding hydrogens is 246 g/mol. The van der Waals surface area contributed by atoms with Gasteiger partial charge in [0.1, 0.15) is 11.3 Å². The van der Waals surface area contributed by atoms with Crippen molar-refractivity contribution in [2.75, 3.05) is 0 Å². The van der Waals surface area contributed by atoms with Gasteiger partial charge in [0.2, 0.25) is 0 Å². The fourth-order valence-electron chi connectivity index (χ4n) is 2.25. The summed E-state index contributed by atoms with van der Waals surface area (Å²) in [4.78, 5) is 15.5. The van der Waals surface area contributed by atoms with E-state index in [0.29, 0.717) is 23.9 Å². The van der Waals surface area contributed by atoms with Crippen LogP contribution in [-0.2, 0) is 6.42 Å². The van der Waals surface area contributed by atoms with Crippen molar-refractivity contribution in [3.05, 3.63) is 23.8 Å². The first-order chi connectivity index (χ1) is 9.22. The minimum atomic E-state index is -0.997. The Labute approximate surface area is 110 Å². The molecule has 19 heavy (non-hydrogen) atoms. The van der Waals surface area contributed by atoms with Crippen LogP contribution in [0.15, 0.2) is 17.0 Å². The molecule has 2 heterocycles. The Morgan fingerprint density at radius 2 is 2.37 bits per heavy atom. The summed E-state index contributed by atoms with van der Waals surface area (Å²) in [5.74, 6) is -0.559. The smallest absolute Gasteiger partial charge is 0.341 e. The zero-order valence-electron chi connectivity index (χ0n) is 10.7. The maximum absolute atomic E-state index is 11.4. The van der Waals surface area contributed by atoms with Crippen molar-refractivity contribution in [2.24, 2.45) is 0 Å². The Morgan fingerprint density at radius 1 is 1.58 bits per heavy atom. The number of hydrogen-bond donors (Lipinski definition) is 1. The summed E-state index contributed by atoms with van der Waals surface area (Å²) < 4.78 is 7.19. The van der Waals surface area contributed by atoms with Crippen LogP contribution in [0.2, 0.25) is 0 Å². The molecule has 0 unspecified atom stereocenters. The fourth-order valence-corrected chi connectivity index (χ4v) is 2.25. The molecule has 0 radical (unpaired) electrons. The molecule has 0 aliphatic heterocycles. The first-order valence-electron chi connectivity index (χ1n) is 6.46. The van der Waals surface area contributed by atoms with Gasteiger partial charge in [-0.05, 0) is 19.3 Å². The molecule has 1 saturated carbocycles. The number of carboxylic acids is 1. The number of carboxylic acid groups (broad SMARTS) is 1. The first-order valence-corrected chi connectivity index (χ1v) is 6.46. The fraction of sp³-hybridized carbons (Fsp3) is 0.462. The molecule has 0 aromatic carbocycles. The van der Waals surface area contributed by atoms with Gasteiger partial charge >= 0.3 is 5.97 Å². The monoisotopic (exact) mass is 261 g/mol. The average Bonchev–Trinajstić information content (AvgIpc) is 2.96. The lowest BCUT2D eigenvalue weighted by Gasteiger charge is -2.04. The Balaban J connectivity index is 2.08. The molecular formula is C13H15N3O3. The van der Waals surface area contributed by atoms with Crippen molar-refractivity contribution in [1.82, 2.24) is 14.7 Å². The lowest BCUT2D eigenvalue weighted by atomic mass is 10.1. The molecule has 100 valence electrons. The van der Waals surface area contributed by atoms with Crippen molar-refractivity contribution in [2.45, 2.75) is 38.6 Å². The van der Waals surface area contributed by atoms with Gasteiger partial charge in [-0.25, -0.2) is 9.78 Å². The SMILES string of the molecule is CCCc1onc(-c2cncn2C2CC2)c1C(=O)O. The molecule has 1 aliphatic carbocycles. The Hall–Kier alpha value is -2.11. The second-order valence-electron chi connectivity index (χ2n) is 4.80. The van der Waals surface area contributed by atoms with Gasteiger partial charge in [0.25, 0.3) is 0 Å². The van der Waals surface area contributed by atoms with Crippen molar-refractivity contribution >= 4 is 5.97 Å². The van der Waals surface area contributed by atoms with E-state index in [2.05, 4.69) is 10.1 Å². The molecule has 6 heteroatoms. The highest BCUT2D eigenvalue weighted by atomic mass is 16.5. The highest BCUT2D eigenvalue weighted by molar-refractivity contribution is 5.95. The van der Waals surface area contributed by atoms with Gasteiger partial charge in [0.15, 0.2) is 5.76 Å². The normalized spacial score (nSPS) is 14.8. The summed E-state index contributed by atoms with van der Waals surface area (Å²) in [6.07, 6.45) is 6.98. The van der Waals surface area contributed by atoms with E-state index in [1.165, 1.54) is 0 Å². The van der Waals surface area contributed by atoms with Gasteiger partial charge in [0.05, 0.1) is 18.2 Å². The van der Waals surface area contributed by atoms with Gasteiger partial charge in [-0.15, -0.1) is 0 Å². The Kier molecular flexibility index (Phi) is 2.85. The van der Waals surface area contributed by atoms with Crippen LogP contribution in [0.4, 0.5) is 0 Å². The highest BCUT2D eigenvalue weighted by Gasteiger charge is 2.30. The van der Waals surface area contributed by atoms with Crippen LogP contribution < -0.4 is 0 Å². The predicted octanol–water partition coefficient (Wildman–Crippen LogP) is 2.52. The minimum absolute atomic E-state index is 0.171. The molecule has 0 amide bonds. The van der Waals surface area contributed by atoms with E-state index in [1.54, 1.807) is 12.5 Å². The topological polar surface area (TPSA) is 81.2 Å². The number of aromatic carboxylic acids is 1. The van der Waals surface area contributed by atoms with E-state index >= 15 is 0 Å². The van der Waals surface area contributed by atoms with E-state index in [-0.39, 0.29) is 5.56 Å². The van der Waals surface area contributed by atoms with Crippen LogP contribution >= 0.6 is 0 Å². The third-order valence-electron chi connectivity index (χ3n) is 3.30. The van der Waals surface area contributed by atoms with Crippen LogP contribution in [0.25, 0.3) is 11.4 Å². The summed E-state index contributed by atoms with van der Waals surface area (Å²) in [5.41, 5.74) is 1.29. The van der Waals surface area contributed by atoms with Gasteiger partial charge in [-0.3, -0.25) is 0 Å². The molecule has 3 rings (SSSR count). The van der Waals surface area contributed by atoms with E-state index in [1.807, 2.05) is 11.5 Å². The van der Waals surface area contributed by atoms with E-state index in [9.17, 15) is 9.90 Å². The van der Waals surface area contributed by atoms with Gasteiger partial charge in [0, 0.05) is 12.5 Å². The molecule has 0 bridgehead atoms. The lowest BCUT2D eigenvalue weighted by Crippen LogP contribution is -2.04. The maximum Gasteiger partial charge on any atom is 0.341 e. The van der Waals surface area contributed by atoms with Crippen molar-refractivity contribution in [3.8, 4) is 11.4 Å². The number of aryl methyl sites for hydroxylation is 1.